The number of nitrogens with one attached hydrogen (secondary N) is 2. The molecule has 0 aliphatic carbocycles. The molecule has 0 fully saturated rings. The van der Waals surface area contributed by atoms with Crippen LogP contribution >= 0.6 is 23.8 Å². The molecule has 1 aromatic heterocycles. The highest BCUT2D eigenvalue weighted by molar-refractivity contribution is 7.80. The van der Waals surface area contributed by atoms with Crippen molar-refractivity contribution in [3.63, 3.8) is 0 Å². The molecule has 140 valence electrons. The van der Waals surface area contributed by atoms with Gasteiger partial charge in [-0.3, -0.25) is 4.79 Å². The van der Waals surface area contributed by atoms with Gasteiger partial charge in [0.2, 0.25) is 0 Å². The number of anilines is 1. The van der Waals surface area contributed by atoms with Crippen LogP contribution < -0.4 is 10.9 Å². The van der Waals surface area contributed by atoms with Gasteiger partial charge in [0.25, 0.3) is 5.56 Å². The first-order chi connectivity index (χ1) is 12.9. The predicted molar refractivity (Wildman–Crippen MR) is 116 cm³/mol. The third-order valence-electron chi connectivity index (χ3n) is 4.34. The minimum absolute atomic E-state index is 0.150. The first kappa shape index (κ1) is 19.3. The molecule has 0 saturated carbocycles. The maximum absolute atomic E-state index is 12.3. The second-order valence-corrected chi connectivity index (χ2v) is 7.21. The Kier molecular flexibility index (Phi) is 5.77. The van der Waals surface area contributed by atoms with Gasteiger partial charge in [0.05, 0.1) is 28.2 Å². The standard InChI is InChI=1S/C20H21ClN4OS/c1-4-25(20(27)24-18-13(3)9-12(2)10-15(18)21)11-17-22-16-8-6-5-7-14(16)19(26)23-17/h5-10H,4,11H2,1-3H3,(H,24,27)(H,22,23,26). The second-order valence-electron chi connectivity index (χ2n) is 6.41. The lowest BCUT2D eigenvalue weighted by atomic mass is 10.1. The van der Waals surface area contributed by atoms with Gasteiger partial charge in [-0.2, -0.15) is 0 Å². The van der Waals surface area contributed by atoms with Gasteiger partial charge in [-0.05, 0) is 62.3 Å². The van der Waals surface area contributed by atoms with Gasteiger partial charge in [-0.25, -0.2) is 4.98 Å². The highest BCUT2D eigenvalue weighted by atomic mass is 35.5. The maximum atomic E-state index is 12.3. The zero-order valence-electron chi connectivity index (χ0n) is 15.5. The van der Waals surface area contributed by atoms with Crippen molar-refractivity contribution in [3.05, 3.63) is 68.7 Å². The number of para-hydroxylation sites is 1. The molecule has 0 amide bonds. The van der Waals surface area contributed by atoms with E-state index in [0.717, 1.165) is 16.8 Å². The third-order valence-corrected chi connectivity index (χ3v) is 4.99. The molecule has 0 spiro atoms. The lowest BCUT2D eigenvalue weighted by Crippen LogP contribution is -2.35. The summed E-state index contributed by atoms with van der Waals surface area (Å²) in [5.41, 5.74) is 3.44. The van der Waals surface area contributed by atoms with Crippen molar-refractivity contribution in [2.24, 2.45) is 0 Å². The van der Waals surface area contributed by atoms with Crippen molar-refractivity contribution in [1.29, 1.82) is 0 Å². The number of hydrogen-bond donors (Lipinski definition) is 2. The normalized spacial score (nSPS) is 10.8. The minimum atomic E-state index is -0.150. The van der Waals surface area contributed by atoms with E-state index in [-0.39, 0.29) is 5.56 Å². The Morgan fingerprint density at radius 3 is 2.74 bits per heavy atom. The molecule has 0 radical (unpaired) electrons. The molecule has 1 heterocycles. The van der Waals surface area contributed by atoms with Gasteiger partial charge in [0.1, 0.15) is 5.82 Å². The Morgan fingerprint density at radius 2 is 2.04 bits per heavy atom. The Morgan fingerprint density at radius 1 is 1.30 bits per heavy atom. The van der Waals surface area contributed by atoms with Gasteiger partial charge < -0.3 is 15.2 Å². The number of thiocarbonyl (C=S) groups is 1. The average molecular weight is 401 g/mol. The highest BCUT2D eigenvalue weighted by Gasteiger charge is 2.14. The molecule has 27 heavy (non-hydrogen) atoms. The number of aryl methyl sites for hydroxylation is 2. The number of rotatable bonds is 4. The van der Waals surface area contributed by atoms with Gasteiger partial charge in [-0.1, -0.05) is 29.8 Å². The number of H-pyrrole nitrogens is 1. The van der Waals surface area contributed by atoms with Crippen molar-refractivity contribution in [3.8, 4) is 0 Å². The molecule has 0 atom stereocenters. The fourth-order valence-corrected chi connectivity index (χ4v) is 3.64. The summed E-state index contributed by atoms with van der Waals surface area (Å²) in [6, 6.07) is 11.2. The number of fused-ring (bicyclic) bond motifs is 1. The van der Waals surface area contributed by atoms with Crippen LogP contribution in [0.5, 0.6) is 0 Å². The Hall–Kier alpha value is -2.44. The van der Waals surface area contributed by atoms with E-state index < -0.39 is 0 Å². The van der Waals surface area contributed by atoms with Gasteiger partial charge in [0, 0.05) is 6.54 Å². The first-order valence-corrected chi connectivity index (χ1v) is 9.48. The molecule has 2 aromatic carbocycles. The zero-order chi connectivity index (χ0) is 19.6. The quantitative estimate of drug-likeness (QED) is 0.635. The van der Waals surface area contributed by atoms with Gasteiger partial charge >= 0.3 is 0 Å². The summed E-state index contributed by atoms with van der Waals surface area (Å²) in [5.74, 6) is 0.566. The smallest absolute Gasteiger partial charge is 0.258 e. The molecule has 2 N–H and O–H groups in total. The summed E-state index contributed by atoms with van der Waals surface area (Å²) >= 11 is 11.9. The lowest BCUT2D eigenvalue weighted by Gasteiger charge is -2.25. The Bertz CT molecular complexity index is 1040. The average Bonchev–Trinajstić information content (AvgIpc) is 2.62. The first-order valence-electron chi connectivity index (χ1n) is 8.69. The number of aromatic nitrogens is 2. The number of hydrogen-bond acceptors (Lipinski definition) is 3. The molecule has 0 bridgehead atoms. The van der Waals surface area contributed by atoms with Crippen LogP contribution in [0.4, 0.5) is 5.69 Å². The fraction of sp³-hybridized carbons (Fsp3) is 0.250. The summed E-state index contributed by atoms with van der Waals surface area (Å²) in [6.07, 6.45) is 0. The van der Waals surface area contributed by atoms with E-state index >= 15 is 0 Å². The van der Waals surface area contributed by atoms with Crippen molar-refractivity contribution >= 4 is 45.5 Å². The van der Waals surface area contributed by atoms with Crippen LogP contribution in [0.15, 0.2) is 41.2 Å². The third kappa shape index (κ3) is 4.28. The summed E-state index contributed by atoms with van der Waals surface area (Å²) in [4.78, 5) is 21.6. The van der Waals surface area contributed by atoms with Crippen molar-refractivity contribution in [2.75, 3.05) is 11.9 Å². The predicted octanol–water partition coefficient (Wildman–Crippen LogP) is 4.41. The number of halogens is 1. The van der Waals surface area contributed by atoms with Crippen LogP contribution in [-0.4, -0.2) is 26.5 Å². The van der Waals surface area contributed by atoms with E-state index in [4.69, 9.17) is 23.8 Å². The van der Waals surface area contributed by atoms with Crippen LogP contribution in [-0.2, 0) is 6.54 Å². The van der Waals surface area contributed by atoms with Gasteiger partial charge in [-0.15, -0.1) is 0 Å². The van der Waals surface area contributed by atoms with Gasteiger partial charge in [0.15, 0.2) is 5.11 Å². The number of nitrogens with zero attached hydrogens (tertiary/aromatic N) is 2. The fourth-order valence-electron chi connectivity index (χ4n) is 2.98. The molecule has 0 aliphatic rings. The van der Waals surface area contributed by atoms with Crippen LogP contribution in [0, 0.1) is 13.8 Å². The maximum Gasteiger partial charge on any atom is 0.258 e. The molecule has 0 aliphatic heterocycles. The highest BCUT2D eigenvalue weighted by Crippen LogP contribution is 2.27. The van der Waals surface area contributed by atoms with Crippen LogP contribution in [0.2, 0.25) is 5.02 Å². The van der Waals surface area contributed by atoms with E-state index in [1.54, 1.807) is 6.07 Å². The second kappa shape index (κ2) is 8.06. The van der Waals surface area contributed by atoms with Crippen LogP contribution in [0.3, 0.4) is 0 Å². The number of aromatic amines is 1. The summed E-state index contributed by atoms with van der Waals surface area (Å²) in [5, 5.41) is 4.97. The minimum Gasteiger partial charge on any atom is -0.342 e. The molecule has 3 rings (SSSR count). The largest absolute Gasteiger partial charge is 0.342 e. The van der Waals surface area contributed by atoms with E-state index in [2.05, 4.69) is 21.4 Å². The van der Waals surface area contributed by atoms with Crippen LogP contribution in [0.1, 0.15) is 23.9 Å². The molecule has 7 heteroatoms. The molecule has 5 nitrogen and oxygen atoms in total. The molecular weight excluding hydrogens is 380 g/mol. The summed E-state index contributed by atoms with van der Waals surface area (Å²) < 4.78 is 0. The SMILES string of the molecule is CCN(Cc1nc2ccccc2c(=O)[nH]1)C(=S)Nc1c(C)cc(C)cc1Cl. The number of benzene rings is 2. The Balaban J connectivity index is 1.83. The Labute approximate surface area is 168 Å². The molecular formula is C20H21ClN4OS. The van der Waals surface area contributed by atoms with E-state index in [1.165, 1.54) is 0 Å². The topological polar surface area (TPSA) is 61.0 Å². The van der Waals surface area contributed by atoms with Crippen LogP contribution in [0.25, 0.3) is 10.9 Å². The molecule has 0 unspecified atom stereocenters. The van der Waals surface area contributed by atoms with E-state index in [1.807, 2.05) is 49.9 Å². The van der Waals surface area contributed by atoms with E-state index in [0.29, 0.717) is 40.0 Å². The molecule has 3 aromatic rings. The van der Waals surface area contributed by atoms with E-state index in [9.17, 15) is 4.79 Å². The van der Waals surface area contributed by atoms with Crippen molar-refractivity contribution < 1.29 is 0 Å². The van der Waals surface area contributed by atoms with Crippen molar-refractivity contribution in [2.45, 2.75) is 27.3 Å². The summed E-state index contributed by atoms with van der Waals surface area (Å²) in [6.45, 7) is 7.04. The lowest BCUT2D eigenvalue weighted by molar-refractivity contribution is 0.429. The summed E-state index contributed by atoms with van der Waals surface area (Å²) in [7, 11) is 0. The monoisotopic (exact) mass is 400 g/mol. The van der Waals surface area contributed by atoms with Crippen molar-refractivity contribution in [1.82, 2.24) is 14.9 Å². The zero-order valence-corrected chi connectivity index (χ0v) is 17.0. The molecule has 0 saturated heterocycles.